The molecule has 1 heterocycles. The molecule has 0 fully saturated rings. The zero-order valence-electron chi connectivity index (χ0n) is 13.0. The van der Waals surface area contributed by atoms with E-state index in [0.29, 0.717) is 0 Å². The number of benzene rings is 2. The van der Waals surface area contributed by atoms with E-state index in [1.807, 2.05) is 49.4 Å². The maximum absolute atomic E-state index is 12.2. The highest BCUT2D eigenvalue weighted by Crippen LogP contribution is 2.24. The molecular weight excluding hydrogens is 308 g/mol. The summed E-state index contributed by atoms with van der Waals surface area (Å²) in [6.07, 6.45) is 2.52. The van der Waals surface area contributed by atoms with Crippen LogP contribution in [0, 0.1) is 10.1 Å². The fraction of sp³-hybridized carbons (Fsp3) is 0.176. The molecule has 3 aromatic rings. The highest BCUT2D eigenvalue weighted by Gasteiger charge is 2.15. The van der Waals surface area contributed by atoms with Gasteiger partial charge in [0.05, 0.1) is 6.04 Å². The van der Waals surface area contributed by atoms with E-state index >= 15 is 0 Å². The molecule has 7 heteroatoms. The van der Waals surface area contributed by atoms with E-state index in [1.165, 1.54) is 17.1 Å². The quantitative estimate of drug-likeness (QED) is 0.577. The van der Waals surface area contributed by atoms with Crippen molar-refractivity contribution < 1.29 is 9.72 Å². The van der Waals surface area contributed by atoms with Crippen LogP contribution >= 0.6 is 0 Å². The summed E-state index contributed by atoms with van der Waals surface area (Å²) >= 11 is 0. The second-order valence-corrected chi connectivity index (χ2v) is 5.52. The molecule has 0 aliphatic rings. The van der Waals surface area contributed by atoms with Crippen LogP contribution < -0.4 is 5.32 Å². The van der Waals surface area contributed by atoms with Crippen molar-refractivity contribution in [1.29, 1.82) is 0 Å². The number of nitrogens with zero attached hydrogens (tertiary/aromatic N) is 3. The van der Waals surface area contributed by atoms with Gasteiger partial charge in [-0.2, -0.15) is 0 Å². The minimum absolute atomic E-state index is 0.0179. The molecule has 3 rings (SSSR count). The Morgan fingerprint density at radius 1 is 1.29 bits per heavy atom. The van der Waals surface area contributed by atoms with Crippen LogP contribution in [-0.4, -0.2) is 20.4 Å². The lowest BCUT2D eigenvalue weighted by Crippen LogP contribution is -2.29. The van der Waals surface area contributed by atoms with Gasteiger partial charge in [0.25, 0.3) is 0 Å². The third-order valence-corrected chi connectivity index (χ3v) is 3.80. The summed E-state index contributed by atoms with van der Waals surface area (Å²) in [5.41, 5.74) is 1.03. The Balaban J connectivity index is 1.72. The van der Waals surface area contributed by atoms with Crippen LogP contribution in [0.3, 0.4) is 0 Å². The predicted octanol–water partition coefficient (Wildman–Crippen LogP) is 2.82. The third kappa shape index (κ3) is 3.24. The number of hydrogen-bond acceptors (Lipinski definition) is 4. The molecule has 7 nitrogen and oxygen atoms in total. The van der Waals surface area contributed by atoms with Gasteiger partial charge in [-0.25, -0.2) is 0 Å². The van der Waals surface area contributed by atoms with Crippen LogP contribution in [0.1, 0.15) is 18.5 Å². The lowest BCUT2D eigenvalue weighted by molar-refractivity contribution is -0.389. The van der Waals surface area contributed by atoms with E-state index in [1.54, 1.807) is 0 Å². The van der Waals surface area contributed by atoms with Crippen LogP contribution in [0.15, 0.2) is 55.0 Å². The second-order valence-electron chi connectivity index (χ2n) is 5.52. The fourth-order valence-corrected chi connectivity index (χ4v) is 2.69. The van der Waals surface area contributed by atoms with Crippen LogP contribution in [0.25, 0.3) is 10.8 Å². The van der Waals surface area contributed by atoms with Crippen LogP contribution in [0.4, 0.5) is 5.82 Å². The van der Waals surface area contributed by atoms with Crippen molar-refractivity contribution >= 4 is 22.5 Å². The van der Waals surface area contributed by atoms with E-state index < -0.39 is 4.92 Å². The van der Waals surface area contributed by atoms with Gasteiger partial charge in [-0.3, -0.25) is 4.79 Å². The Kier molecular flexibility index (Phi) is 4.24. The summed E-state index contributed by atoms with van der Waals surface area (Å²) in [5, 5.41) is 15.7. The molecular formula is C17H16N4O3. The third-order valence-electron chi connectivity index (χ3n) is 3.80. The molecule has 122 valence electrons. The minimum Gasteiger partial charge on any atom is -0.358 e. The number of fused-ring (bicyclic) bond motifs is 1. The first-order chi connectivity index (χ1) is 11.5. The number of imidazole rings is 1. The molecule has 0 unspecified atom stereocenters. The van der Waals surface area contributed by atoms with Crippen molar-refractivity contribution in [3.8, 4) is 0 Å². The fourth-order valence-electron chi connectivity index (χ4n) is 2.69. The molecule has 1 amide bonds. The monoisotopic (exact) mass is 324 g/mol. The number of aromatic nitrogens is 2. The number of nitrogens with one attached hydrogen (secondary N) is 1. The van der Waals surface area contributed by atoms with E-state index in [-0.39, 0.29) is 24.3 Å². The molecule has 1 N–H and O–H groups in total. The number of carbonyl (C=O) groups is 1. The highest BCUT2D eigenvalue weighted by atomic mass is 16.6. The summed E-state index contributed by atoms with van der Waals surface area (Å²) in [5.74, 6) is -0.507. The molecule has 0 aliphatic carbocycles. The highest BCUT2D eigenvalue weighted by molar-refractivity contribution is 5.86. The Hall–Kier alpha value is -3.22. The molecule has 2 aromatic carbocycles. The lowest BCUT2D eigenvalue weighted by Gasteiger charge is -2.16. The molecule has 1 aromatic heterocycles. The van der Waals surface area contributed by atoms with Crippen molar-refractivity contribution in [1.82, 2.24) is 14.9 Å². The van der Waals surface area contributed by atoms with Crippen LogP contribution in [0.2, 0.25) is 0 Å². The van der Waals surface area contributed by atoms with Gasteiger partial charge in [0.2, 0.25) is 12.2 Å². The number of rotatable bonds is 5. The van der Waals surface area contributed by atoms with E-state index in [4.69, 9.17) is 0 Å². The standard InChI is InChI=1S/C17H16N4O3/c1-12(14-8-4-6-13-5-2-3-7-15(13)14)19-17(22)10-20-9-16(18-11-20)21(23)24/h2-9,11-12H,10H2,1H3,(H,19,22)/t12-/m1/s1. The average molecular weight is 324 g/mol. The first-order valence-electron chi connectivity index (χ1n) is 7.48. The van der Waals surface area contributed by atoms with Gasteiger partial charge in [0.15, 0.2) is 0 Å². The average Bonchev–Trinajstić information content (AvgIpc) is 3.02. The first-order valence-corrected chi connectivity index (χ1v) is 7.48. The number of amides is 1. The van der Waals surface area contributed by atoms with Crippen molar-refractivity contribution in [2.24, 2.45) is 0 Å². The zero-order valence-corrected chi connectivity index (χ0v) is 13.0. The van der Waals surface area contributed by atoms with Crippen molar-refractivity contribution in [3.63, 3.8) is 0 Å². The van der Waals surface area contributed by atoms with Gasteiger partial charge in [0.1, 0.15) is 12.7 Å². The normalized spacial score (nSPS) is 12.0. The van der Waals surface area contributed by atoms with Crippen molar-refractivity contribution in [2.45, 2.75) is 19.5 Å². The molecule has 0 bridgehead atoms. The van der Waals surface area contributed by atoms with Crippen LogP contribution in [0.5, 0.6) is 0 Å². The predicted molar refractivity (Wildman–Crippen MR) is 89.4 cm³/mol. The number of carbonyl (C=O) groups excluding carboxylic acids is 1. The van der Waals surface area contributed by atoms with E-state index in [0.717, 1.165) is 16.3 Å². The minimum atomic E-state index is -0.590. The van der Waals surface area contributed by atoms with Crippen molar-refractivity contribution in [3.05, 3.63) is 70.7 Å². The summed E-state index contributed by atoms with van der Waals surface area (Å²) < 4.78 is 1.39. The summed E-state index contributed by atoms with van der Waals surface area (Å²) in [6, 6.07) is 13.8. The molecule has 24 heavy (non-hydrogen) atoms. The van der Waals surface area contributed by atoms with E-state index in [9.17, 15) is 14.9 Å². The zero-order chi connectivity index (χ0) is 17.1. The maximum Gasteiger partial charge on any atom is 0.381 e. The first kappa shape index (κ1) is 15.7. The SMILES string of the molecule is C[C@@H](NC(=O)Cn1cnc([N+](=O)[O-])c1)c1cccc2ccccc12. The molecule has 0 saturated heterocycles. The molecule has 0 saturated carbocycles. The van der Waals surface area contributed by atoms with Gasteiger partial charge in [-0.05, 0) is 33.2 Å². The van der Waals surface area contributed by atoms with Gasteiger partial charge < -0.3 is 20.0 Å². The topological polar surface area (TPSA) is 90.1 Å². The Bertz CT molecular complexity index is 898. The van der Waals surface area contributed by atoms with Gasteiger partial charge in [0, 0.05) is 0 Å². The molecule has 0 aliphatic heterocycles. The summed E-state index contributed by atoms with van der Waals surface area (Å²) in [7, 11) is 0. The van der Waals surface area contributed by atoms with Gasteiger partial charge in [-0.15, -0.1) is 0 Å². The molecule has 0 spiro atoms. The Labute approximate surface area is 138 Å². The summed E-state index contributed by atoms with van der Waals surface area (Å²) in [6.45, 7) is 1.89. The van der Waals surface area contributed by atoms with Crippen LogP contribution in [-0.2, 0) is 11.3 Å². The maximum atomic E-state index is 12.2. The smallest absolute Gasteiger partial charge is 0.358 e. The second kappa shape index (κ2) is 6.49. The Morgan fingerprint density at radius 3 is 2.79 bits per heavy atom. The molecule has 0 radical (unpaired) electrons. The Morgan fingerprint density at radius 2 is 2.04 bits per heavy atom. The lowest BCUT2D eigenvalue weighted by atomic mass is 10.00. The van der Waals surface area contributed by atoms with Gasteiger partial charge in [-0.1, -0.05) is 42.5 Å². The largest absolute Gasteiger partial charge is 0.381 e. The van der Waals surface area contributed by atoms with Gasteiger partial charge >= 0.3 is 5.82 Å². The van der Waals surface area contributed by atoms with E-state index in [2.05, 4.69) is 10.3 Å². The number of nitro groups is 1. The van der Waals surface area contributed by atoms with Crippen molar-refractivity contribution in [2.75, 3.05) is 0 Å². The number of hydrogen-bond donors (Lipinski definition) is 1. The molecule has 1 atom stereocenters. The summed E-state index contributed by atoms with van der Waals surface area (Å²) in [4.78, 5) is 25.8.